The zero-order chi connectivity index (χ0) is 11.4. The second-order valence-electron chi connectivity index (χ2n) is 3.61. The Kier molecular flexibility index (Phi) is 3.27. The third kappa shape index (κ3) is 2.44. The molecule has 0 aliphatic rings. The number of hydrogen-bond acceptors (Lipinski definition) is 2. The summed E-state index contributed by atoms with van der Waals surface area (Å²) in [6, 6.07) is 8.32. The Morgan fingerprint density at radius 2 is 2.06 bits per heavy atom. The van der Waals surface area contributed by atoms with Crippen molar-refractivity contribution in [3.63, 3.8) is 0 Å². The van der Waals surface area contributed by atoms with Gasteiger partial charge in [-0.3, -0.25) is 4.98 Å². The van der Waals surface area contributed by atoms with E-state index in [1.165, 1.54) is 12.1 Å². The SMILES string of the molecule is OCc1cnccc1Cc1cccc(F)c1. The number of nitrogens with zero attached hydrogens (tertiary/aromatic N) is 1. The Morgan fingerprint density at radius 1 is 1.19 bits per heavy atom. The fourth-order valence-electron chi connectivity index (χ4n) is 1.64. The predicted octanol–water partition coefficient (Wildman–Crippen LogP) is 2.30. The van der Waals surface area contributed by atoms with Gasteiger partial charge in [0.05, 0.1) is 6.61 Å². The zero-order valence-corrected chi connectivity index (χ0v) is 8.73. The lowest BCUT2D eigenvalue weighted by Crippen LogP contribution is -1.96. The van der Waals surface area contributed by atoms with E-state index in [1.54, 1.807) is 18.5 Å². The van der Waals surface area contributed by atoms with Gasteiger partial charge in [-0.2, -0.15) is 0 Å². The van der Waals surface area contributed by atoms with Gasteiger partial charge in [0.25, 0.3) is 0 Å². The number of rotatable bonds is 3. The third-order valence-electron chi connectivity index (χ3n) is 2.46. The third-order valence-corrected chi connectivity index (χ3v) is 2.46. The van der Waals surface area contributed by atoms with E-state index < -0.39 is 0 Å². The van der Waals surface area contributed by atoms with Crippen LogP contribution in [0.5, 0.6) is 0 Å². The maximum Gasteiger partial charge on any atom is 0.123 e. The Hall–Kier alpha value is -1.74. The highest BCUT2D eigenvalue weighted by molar-refractivity contribution is 5.30. The van der Waals surface area contributed by atoms with E-state index in [9.17, 15) is 4.39 Å². The van der Waals surface area contributed by atoms with Crippen molar-refractivity contribution in [3.05, 3.63) is 65.2 Å². The first kappa shape index (κ1) is 10.8. The van der Waals surface area contributed by atoms with Crippen LogP contribution in [0.1, 0.15) is 16.7 Å². The standard InChI is InChI=1S/C13H12FNO/c14-13-3-1-2-10(7-13)6-11-4-5-15-8-12(11)9-16/h1-5,7-8,16H,6,9H2. The van der Waals surface area contributed by atoms with Crippen molar-refractivity contribution in [2.24, 2.45) is 0 Å². The van der Waals surface area contributed by atoms with E-state index in [4.69, 9.17) is 5.11 Å². The average Bonchev–Trinajstić information content (AvgIpc) is 2.30. The molecule has 0 fully saturated rings. The normalized spacial score (nSPS) is 10.4. The lowest BCUT2D eigenvalue weighted by Gasteiger charge is -2.06. The molecular formula is C13H12FNO. The van der Waals surface area contributed by atoms with E-state index in [-0.39, 0.29) is 12.4 Å². The molecule has 0 aliphatic heterocycles. The summed E-state index contributed by atoms with van der Waals surface area (Å²) in [7, 11) is 0. The van der Waals surface area contributed by atoms with E-state index >= 15 is 0 Å². The number of pyridine rings is 1. The molecule has 1 heterocycles. The molecule has 0 bridgehead atoms. The summed E-state index contributed by atoms with van der Waals surface area (Å²) in [6.45, 7) is -0.0432. The summed E-state index contributed by atoms with van der Waals surface area (Å²) in [5.74, 6) is -0.239. The van der Waals surface area contributed by atoms with Gasteiger partial charge in [0.15, 0.2) is 0 Å². The van der Waals surface area contributed by atoms with Crippen LogP contribution >= 0.6 is 0 Å². The number of aliphatic hydroxyl groups excluding tert-OH is 1. The monoisotopic (exact) mass is 217 g/mol. The molecule has 16 heavy (non-hydrogen) atoms. The van der Waals surface area contributed by atoms with Crippen LogP contribution < -0.4 is 0 Å². The first-order chi connectivity index (χ1) is 7.79. The Labute approximate surface area is 93.4 Å². The molecule has 1 aromatic carbocycles. The van der Waals surface area contributed by atoms with E-state index in [0.717, 1.165) is 16.7 Å². The zero-order valence-electron chi connectivity index (χ0n) is 8.73. The van der Waals surface area contributed by atoms with Gasteiger partial charge < -0.3 is 5.11 Å². The second kappa shape index (κ2) is 4.86. The number of benzene rings is 1. The van der Waals surface area contributed by atoms with Crippen molar-refractivity contribution in [2.45, 2.75) is 13.0 Å². The molecule has 2 aromatic rings. The highest BCUT2D eigenvalue weighted by atomic mass is 19.1. The van der Waals surface area contributed by atoms with Crippen LogP contribution in [0.15, 0.2) is 42.7 Å². The molecule has 0 unspecified atom stereocenters. The molecule has 3 heteroatoms. The summed E-state index contributed by atoms with van der Waals surface area (Å²) >= 11 is 0. The minimum absolute atomic E-state index is 0.0432. The first-order valence-corrected chi connectivity index (χ1v) is 5.06. The molecule has 0 amide bonds. The van der Waals surface area contributed by atoms with Gasteiger partial charge in [-0.1, -0.05) is 12.1 Å². The molecule has 0 spiro atoms. The summed E-state index contributed by atoms with van der Waals surface area (Å²) in [4.78, 5) is 3.94. The highest BCUT2D eigenvalue weighted by Crippen LogP contribution is 2.14. The summed E-state index contributed by atoms with van der Waals surface area (Å²) in [5, 5.41) is 9.14. The molecule has 1 aromatic heterocycles. The lowest BCUT2D eigenvalue weighted by molar-refractivity contribution is 0.280. The van der Waals surface area contributed by atoms with Crippen LogP contribution in [0, 0.1) is 5.82 Å². The molecule has 0 radical (unpaired) electrons. The van der Waals surface area contributed by atoms with Crippen molar-refractivity contribution >= 4 is 0 Å². The number of aliphatic hydroxyl groups is 1. The fraction of sp³-hybridized carbons (Fsp3) is 0.154. The molecule has 0 atom stereocenters. The summed E-state index contributed by atoms with van der Waals surface area (Å²) in [6.07, 6.45) is 3.92. The van der Waals surface area contributed by atoms with Crippen LogP contribution in [-0.2, 0) is 13.0 Å². The van der Waals surface area contributed by atoms with Gasteiger partial charge in [0.2, 0.25) is 0 Å². The predicted molar refractivity (Wildman–Crippen MR) is 59.4 cm³/mol. The van der Waals surface area contributed by atoms with E-state index in [1.807, 2.05) is 12.1 Å². The van der Waals surface area contributed by atoms with E-state index in [0.29, 0.717) is 6.42 Å². The summed E-state index contributed by atoms with van der Waals surface area (Å²) in [5.41, 5.74) is 2.65. The van der Waals surface area contributed by atoms with Crippen LogP contribution in [-0.4, -0.2) is 10.1 Å². The van der Waals surface area contributed by atoms with Crippen LogP contribution in [0.2, 0.25) is 0 Å². The molecule has 0 aliphatic carbocycles. The van der Waals surface area contributed by atoms with Crippen LogP contribution in [0.4, 0.5) is 4.39 Å². The minimum Gasteiger partial charge on any atom is -0.392 e. The fourth-order valence-corrected chi connectivity index (χ4v) is 1.64. The Bertz CT molecular complexity index is 485. The molecule has 2 nitrogen and oxygen atoms in total. The van der Waals surface area contributed by atoms with Crippen molar-refractivity contribution in [2.75, 3.05) is 0 Å². The topological polar surface area (TPSA) is 33.1 Å². The number of halogens is 1. The minimum atomic E-state index is -0.239. The molecular weight excluding hydrogens is 205 g/mol. The molecule has 0 saturated carbocycles. The largest absolute Gasteiger partial charge is 0.392 e. The Morgan fingerprint density at radius 3 is 2.81 bits per heavy atom. The van der Waals surface area contributed by atoms with Gasteiger partial charge >= 0.3 is 0 Å². The first-order valence-electron chi connectivity index (χ1n) is 5.06. The van der Waals surface area contributed by atoms with Crippen molar-refractivity contribution in [3.8, 4) is 0 Å². The quantitative estimate of drug-likeness (QED) is 0.855. The van der Waals surface area contributed by atoms with Crippen molar-refractivity contribution in [1.29, 1.82) is 0 Å². The molecule has 82 valence electrons. The maximum atomic E-state index is 13.0. The van der Waals surface area contributed by atoms with E-state index in [2.05, 4.69) is 4.98 Å². The smallest absolute Gasteiger partial charge is 0.123 e. The van der Waals surface area contributed by atoms with Crippen molar-refractivity contribution in [1.82, 2.24) is 4.98 Å². The molecule has 0 saturated heterocycles. The van der Waals surface area contributed by atoms with Gasteiger partial charge in [-0.25, -0.2) is 4.39 Å². The summed E-state index contributed by atoms with van der Waals surface area (Å²) < 4.78 is 13.0. The lowest BCUT2D eigenvalue weighted by atomic mass is 10.0. The second-order valence-corrected chi connectivity index (χ2v) is 3.61. The van der Waals surface area contributed by atoms with Gasteiger partial charge in [-0.05, 0) is 41.3 Å². The van der Waals surface area contributed by atoms with Crippen LogP contribution in [0.3, 0.4) is 0 Å². The maximum absolute atomic E-state index is 13.0. The van der Waals surface area contributed by atoms with Gasteiger partial charge in [0.1, 0.15) is 5.82 Å². The van der Waals surface area contributed by atoms with Gasteiger partial charge in [-0.15, -0.1) is 0 Å². The Balaban J connectivity index is 2.26. The van der Waals surface area contributed by atoms with Gasteiger partial charge in [0, 0.05) is 12.4 Å². The number of hydrogen-bond donors (Lipinski definition) is 1. The van der Waals surface area contributed by atoms with Crippen LogP contribution in [0.25, 0.3) is 0 Å². The highest BCUT2D eigenvalue weighted by Gasteiger charge is 2.03. The average molecular weight is 217 g/mol. The van der Waals surface area contributed by atoms with Crippen molar-refractivity contribution < 1.29 is 9.50 Å². The molecule has 2 rings (SSSR count). The number of aromatic nitrogens is 1. The molecule has 1 N–H and O–H groups in total.